The lowest BCUT2D eigenvalue weighted by Gasteiger charge is -2.07. The standard InChI is InChI=1S/C17H19NO6/c1-2-22-8-9-23-11-12-4-3-5-13(10-12)18-16(19)14-6-7-15(24-14)17(20)21/h3-7,10H,2,8-9,11H2,1H3,(H,18,19)(H,20,21). The number of furan rings is 1. The highest BCUT2D eigenvalue weighted by Gasteiger charge is 2.15. The van der Waals surface area contributed by atoms with Gasteiger partial charge in [0.2, 0.25) is 5.76 Å². The van der Waals surface area contributed by atoms with Crippen molar-refractivity contribution in [1.29, 1.82) is 0 Å². The highest BCUT2D eigenvalue weighted by Crippen LogP contribution is 2.15. The Morgan fingerprint density at radius 2 is 1.88 bits per heavy atom. The van der Waals surface area contributed by atoms with Crippen molar-refractivity contribution in [2.75, 3.05) is 25.1 Å². The minimum absolute atomic E-state index is 0.0641. The predicted octanol–water partition coefficient (Wildman–Crippen LogP) is 2.78. The Balaban J connectivity index is 1.90. The molecular formula is C17H19NO6. The van der Waals surface area contributed by atoms with E-state index in [-0.39, 0.29) is 11.5 Å². The van der Waals surface area contributed by atoms with Crippen LogP contribution >= 0.6 is 0 Å². The van der Waals surface area contributed by atoms with Crippen molar-refractivity contribution in [2.24, 2.45) is 0 Å². The maximum Gasteiger partial charge on any atom is 0.371 e. The number of carboxylic acids is 1. The Morgan fingerprint density at radius 1 is 1.12 bits per heavy atom. The lowest BCUT2D eigenvalue weighted by Crippen LogP contribution is -2.11. The third kappa shape index (κ3) is 5.22. The molecule has 1 aromatic heterocycles. The number of benzene rings is 1. The fraction of sp³-hybridized carbons (Fsp3) is 0.294. The van der Waals surface area contributed by atoms with Gasteiger partial charge in [0, 0.05) is 12.3 Å². The third-order valence-corrected chi connectivity index (χ3v) is 3.07. The van der Waals surface area contributed by atoms with E-state index in [1.165, 1.54) is 12.1 Å². The molecule has 2 rings (SSSR count). The minimum Gasteiger partial charge on any atom is -0.475 e. The molecule has 0 aliphatic heterocycles. The normalized spacial score (nSPS) is 10.5. The molecule has 0 saturated carbocycles. The van der Waals surface area contributed by atoms with Gasteiger partial charge >= 0.3 is 5.97 Å². The molecular weight excluding hydrogens is 314 g/mol. The van der Waals surface area contributed by atoms with E-state index in [1.807, 2.05) is 13.0 Å². The number of ether oxygens (including phenoxy) is 2. The van der Waals surface area contributed by atoms with Gasteiger partial charge in [-0.05, 0) is 36.8 Å². The van der Waals surface area contributed by atoms with Gasteiger partial charge in [-0.25, -0.2) is 4.79 Å². The van der Waals surface area contributed by atoms with Crippen LogP contribution in [0.25, 0.3) is 0 Å². The summed E-state index contributed by atoms with van der Waals surface area (Å²) >= 11 is 0. The van der Waals surface area contributed by atoms with Crippen LogP contribution in [0.5, 0.6) is 0 Å². The maximum absolute atomic E-state index is 12.0. The van der Waals surface area contributed by atoms with Crippen LogP contribution in [0.3, 0.4) is 0 Å². The molecule has 0 aliphatic rings. The Bertz CT molecular complexity index is 694. The van der Waals surface area contributed by atoms with E-state index in [1.54, 1.807) is 18.2 Å². The third-order valence-electron chi connectivity index (χ3n) is 3.07. The molecule has 1 aromatic carbocycles. The molecule has 1 heterocycles. The molecule has 0 bridgehead atoms. The van der Waals surface area contributed by atoms with Crippen molar-refractivity contribution < 1.29 is 28.6 Å². The summed E-state index contributed by atoms with van der Waals surface area (Å²) in [5.41, 5.74) is 1.47. The van der Waals surface area contributed by atoms with Crippen LogP contribution in [0.4, 0.5) is 5.69 Å². The Kier molecular flexibility index (Phi) is 6.53. The van der Waals surface area contributed by atoms with Gasteiger partial charge in [0.05, 0.1) is 19.8 Å². The second-order valence-electron chi connectivity index (χ2n) is 4.87. The van der Waals surface area contributed by atoms with E-state index in [0.717, 1.165) is 5.56 Å². The minimum atomic E-state index is -1.22. The number of anilines is 1. The maximum atomic E-state index is 12.0. The second kappa shape index (κ2) is 8.85. The second-order valence-corrected chi connectivity index (χ2v) is 4.87. The molecule has 0 radical (unpaired) electrons. The molecule has 128 valence electrons. The number of carboxylic acid groups (broad SMARTS) is 1. The number of amides is 1. The average molecular weight is 333 g/mol. The van der Waals surface area contributed by atoms with E-state index in [9.17, 15) is 9.59 Å². The summed E-state index contributed by atoms with van der Waals surface area (Å²) in [6.45, 7) is 4.01. The zero-order valence-electron chi connectivity index (χ0n) is 13.3. The van der Waals surface area contributed by atoms with Gasteiger partial charge in [0.1, 0.15) is 0 Å². The topological polar surface area (TPSA) is 98.0 Å². The molecule has 0 aliphatic carbocycles. The number of hydrogen-bond donors (Lipinski definition) is 2. The summed E-state index contributed by atoms with van der Waals surface area (Å²) in [6, 6.07) is 9.73. The van der Waals surface area contributed by atoms with E-state index in [2.05, 4.69) is 5.32 Å². The van der Waals surface area contributed by atoms with Gasteiger partial charge in [-0.15, -0.1) is 0 Å². The molecule has 7 nitrogen and oxygen atoms in total. The Morgan fingerprint density at radius 3 is 2.58 bits per heavy atom. The van der Waals surface area contributed by atoms with E-state index in [0.29, 0.717) is 32.1 Å². The lowest BCUT2D eigenvalue weighted by molar-refractivity contribution is 0.0453. The molecule has 0 unspecified atom stereocenters. The fourth-order valence-electron chi connectivity index (χ4n) is 1.96. The van der Waals surface area contributed by atoms with Crippen molar-refractivity contribution in [2.45, 2.75) is 13.5 Å². The first kappa shape index (κ1) is 17.7. The average Bonchev–Trinajstić information content (AvgIpc) is 3.05. The van der Waals surface area contributed by atoms with Gasteiger partial charge in [0.25, 0.3) is 5.91 Å². The molecule has 0 spiro atoms. The summed E-state index contributed by atoms with van der Waals surface area (Å²) in [5.74, 6) is -2.08. The number of hydrogen-bond acceptors (Lipinski definition) is 5. The summed E-state index contributed by atoms with van der Waals surface area (Å²) in [4.78, 5) is 22.8. The first-order valence-corrected chi connectivity index (χ1v) is 7.49. The van der Waals surface area contributed by atoms with Crippen LogP contribution in [-0.4, -0.2) is 36.8 Å². The summed E-state index contributed by atoms with van der Waals surface area (Å²) in [5, 5.41) is 11.4. The largest absolute Gasteiger partial charge is 0.475 e. The summed E-state index contributed by atoms with van der Waals surface area (Å²) in [6.07, 6.45) is 0. The van der Waals surface area contributed by atoms with Crippen molar-refractivity contribution in [3.8, 4) is 0 Å². The van der Waals surface area contributed by atoms with Gasteiger partial charge in [0.15, 0.2) is 5.76 Å². The van der Waals surface area contributed by atoms with Crippen molar-refractivity contribution in [3.63, 3.8) is 0 Å². The number of nitrogens with one attached hydrogen (secondary N) is 1. The first-order valence-electron chi connectivity index (χ1n) is 7.49. The molecule has 2 aromatic rings. The first-order chi connectivity index (χ1) is 11.6. The molecule has 7 heteroatoms. The quantitative estimate of drug-likeness (QED) is 0.685. The Hall–Kier alpha value is -2.64. The van der Waals surface area contributed by atoms with Crippen LogP contribution in [0, 0.1) is 0 Å². The fourth-order valence-corrected chi connectivity index (χ4v) is 1.96. The number of aromatic carboxylic acids is 1. The SMILES string of the molecule is CCOCCOCc1cccc(NC(=O)c2ccc(C(=O)O)o2)c1. The zero-order chi connectivity index (χ0) is 17.4. The number of rotatable bonds is 9. The number of carbonyl (C=O) groups excluding carboxylic acids is 1. The highest BCUT2D eigenvalue weighted by atomic mass is 16.5. The van der Waals surface area contributed by atoms with Crippen LogP contribution in [0.15, 0.2) is 40.8 Å². The van der Waals surface area contributed by atoms with E-state index in [4.69, 9.17) is 19.0 Å². The van der Waals surface area contributed by atoms with Crippen LogP contribution in [0.2, 0.25) is 0 Å². The van der Waals surface area contributed by atoms with Crippen molar-refractivity contribution >= 4 is 17.6 Å². The zero-order valence-corrected chi connectivity index (χ0v) is 13.3. The number of carbonyl (C=O) groups is 2. The Labute approximate surface area is 139 Å². The molecule has 24 heavy (non-hydrogen) atoms. The lowest BCUT2D eigenvalue weighted by atomic mass is 10.2. The molecule has 0 saturated heterocycles. The van der Waals surface area contributed by atoms with Gasteiger partial charge < -0.3 is 24.3 Å². The van der Waals surface area contributed by atoms with Crippen molar-refractivity contribution in [1.82, 2.24) is 0 Å². The smallest absolute Gasteiger partial charge is 0.371 e. The predicted molar refractivity (Wildman–Crippen MR) is 86.2 cm³/mol. The van der Waals surface area contributed by atoms with Crippen LogP contribution in [0.1, 0.15) is 33.6 Å². The monoisotopic (exact) mass is 333 g/mol. The summed E-state index contributed by atoms with van der Waals surface area (Å²) in [7, 11) is 0. The molecule has 1 amide bonds. The van der Waals surface area contributed by atoms with Crippen LogP contribution < -0.4 is 5.32 Å². The molecule has 2 N–H and O–H groups in total. The van der Waals surface area contributed by atoms with Crippen LogP contribution in [-0.2, 0) is 16.1 Å². The van der Waals surface area contributed by atoms with Gasteiger partial charge in [-0.3, -0.25) is 4.79 Å². The molecule has 0 atom stereocenters. The van der Waals surface area contributed by atoms with E-state index >= 15 is 0 Å². The highest BCUT2D eigenvalue weighted by molar-refractivity contribution is 6.02. The van der Waals surface area contributed by atoms with E-state index < -0.39 is 11.9 Å². The van der Waals surface area contributed by atoms with Gasteiger partial charge in [-0.1, -0.05) is 12.1 Å². The molecule has 0 fully saturated rings. The van der Waals surface area contributed by atoms with Crippen molar-refractivity contribution in [3.05, 3.63) is 53.5 Å². The summed E-state index contributed by atoms with van der Waals surface area (Å²) < 4.78 is 15.6. The van der Waals surface area contributed by atoms with Gasteiger partial charge in [-0.2, -0.15) is 0 Å².